The van der Waals surface area contributed by atoms with Gasteiger partial charge in [0.15, 0.2) is 0 Å². The minimum atomic E-state index is -0.00784. The molecule has 3 unspecified atom stereocenters. The number of methoxy groups -OCH3 is 1. The van der Waals surface area contributed by atoms with Gasteiger partial charge in [0.25, 0.3) is 0 Å². The lowest BCUT2D eigenvalue weighted by Gasteiger charge is -2.37. The van der Waals surface area contributed by atoms with Crippen LogP contribution in [0.15, 0.2) is 0 Å². The largest absolute Gasteiger partial charge is 0.379 e. The molecule has 0 aliphatic heterocycles. The van der Waals surface area contributed by atoms with Crippen LogP contribution in [0.25, 0.3) is 0 Å². The quantitative estimate of drug-likeness (QED) is 0.742. The maximum absolute atomic E-state index is 5.63. The van der Waals surface area contributed by atoms with E-state index in [9.17, 15) is 0 Å². The third-order valence-electron chi connectivity index (χ3n) is 4.47. The molecule has 2 heteroatoms. The topological polar surface area (TPSA) is 21.3 Å². The fraction of sp³-hybridized carbons (Fsp3) is 1.00. The summed E-state index contributed by atoms with van der Waals surface area (Å²) in [7, 11) is 1.83. The second-order valence-electron chi connectivity index (χ2n) is 6.76. The molecule has 0 aromatic heterocycles. The first-order chi connectivity index (χ1) is 8.48. The average molecular weight is 255 g/mol. The van der Waals surface area contributed by atoms with Crippen LogP contribution in [-0.4, -0.2) is 25.3 Å². The van der Waals surface area contributed by atoms with Crippen LogP contribution >= 0.6 is 0 Å². The van der Waals surface area contributed by atoms with E-state index in [0.717, 1.165) is 24.8 Å². The van der Waals surface area contributed by atoms with Gasteiger partial charge in [0, 0.05) is 13.2 Å². The van der Waals surface area contributed by atoms with Gasteiger partial charge in [-0.2, -0.15) is 0 Å². The van der Waals surface area contributed by atoms with E-state index in [1.54, 1.807) is 0 Å². The predicted octanol–water partition coefficient (Wildman–Crippen LogP) is 4.00. The molecule has 18 heavy (non-hydrogen) atoms. The molecular formula is C16H33NO. The molecule has 0 amide bonds. The van der Waals surface area contributed by atoms with E-state index in [1.807, 2.05) is 7.11 Å². The molecule has 0 aromatic carbocycles. The zero-order chi connectivity index (χ0) is 13.6. The van der Waals surface area contributed by atoms with E-state index in [-0.39, 0.29) is 5.60 Å². The van der Waals surface area contributed by atoms with Gasteiger partial charge in [0.05, 0.1) is 5.60 Å². The van der Waals surface area contributed by atoms with E-state index in [4.69, 9.17) is 4.74 Å². The van der Waals surface area contributed by atoms with E-state index in [0.29, 0.717) is 6.04 Å². The van der Waals surface area contributed by atoms with Crippen molar-refractivity contribution in [2.24, 2.45) is 11.8 Å². The van der Waals surface area contributed by atoms with Crippen molar-refractivity contribution in [3.63, 3.8) is 0 Å². The Morgan fingerprint density at radius 2 is 2.06 bits per heavy atom. The Hall–Kier alpha value is -0.0800. The summed E-state index contributed by atoms with van der Waals surface area (Å²) in [5, 5.41) is 3.77. The molecule has 1 fully saturated rings. The number of hydrogen-bond acceptors (Lipinski definition) is 2. The summed E-state index contributed by atoms with van der Waals surface area (Å²) in [4.78, 5) is 0. The highest BCUT2D eigenvalue weighted by molar-refractivity contribution is 4.86. The van der Waals surface area contributed by atoms with E-state index in [2.05, 4.69) is 33.0 Å². The molecule has 108 valence electrons. The zero-order valence-corrected chi connectivity index (χ0v) is 13.1. The lowest BCUT2D eigenvalue weighted by Crippen LogP contribution is -2.44. The molecule has 1 saturated carbocycles. The van der Waals surface area contributed by atoms with Crippen LogP contribution in [0.4, 0.5) is 0 Å². The van der Waals surface area contributed by atoms with Gasteiger partial charge in [-0.25, -0.2) is 0 Å². The first kappa shape index (κ1) is 16.0. The molecular weight excluding hydrogens is 222 g/mol. The van der Waals surface area contributed by atoms with Crippen LogP contribution in [0, 0.1) is 11.8 Å². The summed E-state index contributed by atoms with van der Waals surface area (Å²) in [6.07, 6.45) is 7.95. The van der Waals surface area contributed by atoms with Gasteiger partial charge in [-0.1, -0.05) is 26.7 Å². The molecule has 1 aliphatic rings. The number of hydrogen-bond donors (Lipinski definition) is 1. The number of rotatable bonds is 7. The molecule has 1 aliphatic carbocycles. The minimum absolute atomic E-state index is 0.00784. The third kappa shape index (κ3) is 5.27. The number of ether oxygens (including phenoxy) is 1. The molecule has 3 atom stereocenters. The van der Waals surface area contributed by atoms with Crippen LogP contribution in [0.3, 0.4) is 0 Å². The highest BCUT2D eigenvalue weighted by Gasteiger charge is 2.31. The summed E-state index contributed by atoms with van der Waals surface area (Å²) >= 11 is 0. The monoisotopic (exact) mass is 255 g/mol. The fourth-order valence-electron chi connectivity index (χ4n) is 3.19. The summed E-state index contributed by atoms with van der Waals surface area (Å²) in [6.45, 7) is 10.2. The van der Waals surface area contributed by atoms with Crippen molar-refractivity contribution in [2.75, 3.05) is 13.7 Å². The van der Waals surface area contributed by atoms with Crippen LogP contribution in [0.2, 0.25) is 0 Å². The highest BCUT2D eigenvalue weighted by Crippen LogP contribution is 2.33. The first-order valence-corrected chi connectivity index (χ1v) is 7.77. The van der Waals surface area contributed by atoms with Gasteiger partial charge in [0.1, 0.15) is 0 Å². The Morgan fingerprint density at radius 1 is 1.33 bits per heavy atom. The zero-order valence-electron chi connectivity index (χ0n) is 13.1. The molecule has 0 spiro atoms. The lowest BCUT2D eigenvalue weighted by molar-refractivity contribution is -0.00178. The van der Waals surface area contributed by atoms with Crippen LogP contribution < -0.4 is 5.32 Å². The molecule has 0 heterocycles. The standard InChI is InChI=1S/C16H33NO/c1-6-10-17-15(12-16(3,4)18-5)14-9-7-8-13(2)11-14/h13-15,17H,6-12H2,1-5H3. The van der Waals surface area contributed by atoms with E-state index in [1.165, 1.54) is 32.1 Å². The molecule has 2 nitrogen and oxygen atoms in total. The molecule has 0 aromatic rings. The molecule has 0 bridgehead atoms. The maximum Gasteiger partial charge on any atom is 0.0637 e. The van der Waals surface area contributed by atoms with Gasteiger partial charge >= 0.3 is 0 Å². The summed E-state index contributed by atoms with van der Waals surface area (Å²) < 4.78 is 5.63. The molecule has 0 radical (unpaired) electrons. The van der Waals surface area contributed by atoms with Crippen LogP contribution in [0.5, 0.6) is 0 Å². The van der Waals surface area contributed by atoms with Crippen molar-refractivity contribution in [3.05, 3.63) is 0 Å². The second kappa shape index (κ2) is 7.49. The van der Waals surface area contributed by atoms with Gasteiger partial charge in [-0.3, -0.25) is 0 Å². The van der Waals surface area contributed by atoms with Crippen molar-refractivity contribution in [1.29, 1.82) is 0 Å². The lowest BCUT2D eigenvalue weighted by atomic mass is 9.76. The van der Waals surface area contributed by atoms with Gasteiger partial charge in [0.2, 0.25) is 0 Å². The Kier molecular flexibility index (Phi) is 6.65. The Bertz CT molecular complexity index is 227. The molecule has 0 saturated heterocycles. The Labute approximate surface area is 114 Å². The Balaban J connectivity index is 2.58. The summed E-state index contributed by atoms with van der Waals surface area (Å²) in [5.41, 5.74) is -0.00784. The van der Waals surface area contributed by atoms with E-state index < -0.39 is 0 Å². The first-order valence-electron chi connectivity index (χ1n) is 7.77. The molecule has 1 N–H and O–H groups in total. The third-order valence-corrected chi connectivity index (χ3v) is 4.47. The van der Waals surface area contributed by atoms with Crippen LogP contribution in [0.1, 0.15) is 66.2 Å². The normalized spacial score (nSPS) is 27.2. The molecule has 1 rings (SSSR count). The van der Waals surface area contributed by atoms with E-state index >= 15 is 0 Å². The SMILES string of the molecule is CCCNC(CC(C)(C)OC)C1CCCC(C)C1. The smallest absolute Gasteiger partial charge is 0.0637 e. The fourth-order valence-corrected chi connectivity index (χ4v) is 3.19. The van der Waals surface area contributed by atoms with Gasteiger partial charge in [-0.15, -0.1) is 0 Å². The van der Waals surface area contributed by atoms with Gasteiger partial charge < -0.3 is 10.1 Å². The van der Waals surface area contributed by atoms with Gasteiger partial charge in [-0.05, 0) is 57.9 Å². The predicted molar refractivity (Wildman–Crippen MR) is 78.9 cm³/mol. The van der Waals surface area contributed by atoms with Crippen molar-refractivity contribution >= 4 is 0 Å². The van der Waals surface area contributed by atoms with Crippen molar-refractivity contribution in [3.8, 4) is 0 Å². The highest BCUT2D eigenvalue weighted by atomic mass is 16.5. The summed E-state index contributed by atoms with van der Waals surface area (Å²) in [6, 6.07) is 0.627. The minimum Gasteiger partial charge on any atom is -0.379 e. The maximum atomic E-state index is 5.63. The van der Waals surface area contributed by atoms with Crippen molar-refractivity contribution < 1.29 is 4.74 Å². The second-order valence-corrected chi connectivity index (χ2v) is 6.76. The summed E-state index contributed by atoms with van der Waals surface area (Å²) in [5.74, 6) is 1.75. The number of nitrogens with one attached hydrogen (secondary N) is 1. The van der Waals surface area contributed by atoms with Crippen molar-refractivity contribution in [1.82, 2.24) is 5.32 Å². The average Bonchev–Trinajstić information content (AvgIpc) is 2.34. The Morgan fingerprint density at radius 3 is 2.61 bits per heavy atom. The van der Waals surface area contributed by atoms with Crippen LogP contribution in [-0.2, 0) is 4.74 Å². The van der Waals surface area contributed by atoms with Crippen molar-refractivity contribution in [2.45, 2.75) is 77.9 Å².